The van der Waals surface area contributed by atoms with Gasteiger partial charge in [0.25, 0.3) is 0 Å². The number of nitrogens with one attached hydrogen (secondary N) is 3. The number of thioether (sulfide) groups is 1. The second-order valence-electron chi connectivity index (χ2n) is 7.95. The number of carboxylic acid groups (broad SMARTS) is 1. The van der Waals surface area contributed by atoms with E-state index < -0.39 is 54.5 Å². The third kappa shape index (κ3) is 9.80. The van der Waals surface area contributed by atoms with Crippen molar-refractivity contribution in [3.8, 4) is 0 Å². The van der Waals surface area contributed by atoms with Crippen molar-refractivity contribution < 1.29 is 29.4 Å². The minimum atomic E-state index is -1.32. The number of nitrogens with two attached hydrogens (primary N) is 1. The molecule has 11 heteroatoms. The molecule has 0 saturated carbocycles. The number of aliphatic carboxylic acids is 1. The van der Waals surface area contributed by atoms with Crippen LogP contribution >= 0.6 is 11.8 Å². The summed E-state index contributed by atoms with van der Waals surface area (Å²) in [4.78, 5) is 49.4. The lowest BCUT2D eigenvalue weighted by molar-refractivity contribution is -0.143. The zero-order chi connectivity index (χ0) is 25.0. The molecule has 0 spiro atoms. The first-order valence-electron chi connectivity index (χ1n) is 10.6. The van der Waals surface area contributed by atoms with Gasteiger partial charge in [0.05, 0.1) is 12.6 Å². The Morgan fingerprint density at radius 2 is 1.55 bits per heavy atom. The molecule has 4 atom stereocenters. The van der Waals surface area contributed by atoms with Gasteiger partial charge in [0, 0.05) is 6.42 Å². The van der Waals surface area contributed by atoms with Crippen LogP contribution in [0.1, 0.15) is 25.8 Å². The SMILES string of the molecule is CSCCC(N)C(=O)NC(CO)C(=O)NC(Cc1ccccc1)C(=O)NC(C(=O)O)C(C)C. The summed E-state index contributed by atoms with van der Waals surface area (Å²) in [6, 6.07) is 4.44. The van der Waals surface area contributed by atoms with E-state index in [4.69, 9.17) is 5.73 Å². The van der Waals surface area contributed by atoms with Crippen molar-refractivity contribution in [1.29, 1.82) is 0 Å². The third-order valence-corrected chi connectivity index (χ3v) is 5.58. The fraction of sp³-hybridized carbons (Fsp3) is 0.545. The standard InChI is InChI=1S/C22H34N4O6S/c1-13(2)18(22(31)32)26-20(29)16(11-14-7-5-4-6-8-14)24-21(30)17(12-27)25-19(28)15(23)9-10-33-3/h4-8,13,15-18,27H,9-12,23H2,1-3H3,(H,24,30)(H,25,28)(H,26,29)(H,31,32). The number of hydrogen-bond acceptors (Lipinski definition) is 7. The van der Waals surface area contributed by atoms with Crippen LogP contribution in [0.2, 0.25) is 0 Å². The Hall–Kier alpha value is -2.63. The van der Waals surface area contributed by atoms with Gasteiger partial charge < -0.3 is 31.9 Å². The van der Waals surface area contributed by atoms with E-state index in [0.29, 0.717) is 12.2 Å². The largest absolute Gasteiger partial charge is 0.480 e. The summed E-state index contributed by atoms with van der Waals surface area (Å²) in [5, 5.41) is 26.4. The van der Waals surface area contributed by atoms with Crippen LogP contribution in [0.5, 0.6) is 0 Å². The van der Waals surface area contributed by atoms with E-state index >= 15 is 0 Å². The average molecular weight is 483 g/mol. The van der Waals surface area contributed by atoms with Gasteiger partial charge >= 0.3 is 5.97 Å². The predicted molar refractivity (Wildman–Crippen MR) is 126 cm³/mol. The first-order valence-corrected chi connectivity index (χ1v) is 12.0. The molecule has 4 unspecified atom stereocenters. The Balaban J connectivity index is 2.97. The lowest BCUT2D eigenvalue weighted by atomic mass is 10.0. The van der Waals surface area contributed by atoms with Gasteiger partial charge in [0.15, 0.2) is 0 Å². The van der Waals surface area contributed by atoms with E-state index in [2.05, 4.69) is 16.0 Å². The minimum Gasteiger partial charge on any atom is -0.480 e. The molecule has 0 aliphatic rings. The van der Waals surface area contributed by atoms with E-state index in [1.165, 1.54) is 11.8 Å². The molecule has 0 aliphatic heterocycles. The minimum absolute atomic E-state index is 0.0855. The van der Waals surface area contributed by atoms with Gasteiger partial charge in [-0.1, -0.05) is 44.2 Å². The van der Waals surface area contributed by atoms with Crippen LogP contribution in [0.25, 0.3) is 0 Å². The molecule has 0 radical (unpaired) electrons. The molecule has 3 amide bonds. The Morgan fingerprint density at radius 1 is 0.970 bits per heavy atom. The topological polar surface area (TPSA) is 171 Å². The van der Waals surface area contributed by atoms with Crippen LogP contribution in [0, 0.1) is 5.92 Å². The van der Waals surface area contributed by atoms with E-state index in [1.807, 2.05) is 6.26 Å². The van der Waals surface area contributed by atoms with E-state index in [1.54, 1.807) is 44.2 Å². The summed E-state index contributed by atoms with van der Waals surface area (Å²) in [6.07, 6.45) is 2.36. The first kappa shape index (κ1) is 28.4. The average Bonchev–Trinajstić information content (AvgIpc) is 2.78. The Bertz CT molecular complexity index is 792. The highest BCUT2D eigenvalue weighted by Gasteiger charge is 2.31. The molecule has 1 aromatic carbocycles. The highest BCUT2D eigenvalue weighted by atomic mass is 32.2. The Labute approximate surface area is 198 Å². The number of aliphatic hydroxyl groups excluding tert-OH is 1. The number of rotatable bonds is 14. The van der Waals surface area contributed by atoms with Crippen molar-refractivity contribution in [2.75, 3.05) is 18.6 Å². The summed E-state index contributed by atoms with van der Waals surface area (Å²) in [6.45, 7) is 2.61. The van der Waals surface area contributed by atoms with Crippen LogP contribution in [0.15, 0.2) is 30.3 Å². The Kier molecular flexibility index (Phi) is 12.5. The fourth-order valence-electron chi connectivity index (χ4n) is 2.95. The van der Waals surface area contributed by atoms with Gasteiger partial charge in [0.1, 0.15) is 18.1 Å². The predicted octanol–water partition coefficient (Wildman–Crippen LogP) is -0.503. The van der Waals surface area contributed by atoms with Gasteiger partial charge in [-0.2, -0.15) is 11.8 Å². The highest BCUT2D eigenvalue weighted by molar-refractivity contribution is 7.98. The van der Waals surface area contributed by atoms with Crippen molar-refractivity contribution >= 4 is 35.5 Å². The summed E-state index contributed by atoms with van der Waals surface area (Å²) < 4.78 is 0. The third-order valence-electron chi connectivity index (χ3n) is 4.93. The molecule has 0 aliphatic carbocycles. The van der Waals surface area contributed by atoms with Crippen LogP contribution in [-0.2, 0) is 25.6 Å². The van der Waals surface area contributed by atoms with Crippen molar-refractivity contribution in [2.24, 2.45) is 11.7 Å². The summed E-state index contributed by atoms with van der Waals surface area (Å²) in [5.41, 5.74) is 6.55. The number of carbonyl (C=O) groups is 4. The maximum absolute atomic E-state index is 12.9. The Morgan fingerprint density at radius 3 is 2.06 bits per heavy atom. The monoisotopic (exact) mass is 482 g/mol. The summed E-state index contributed by atoms with van der Waals surface area (Å²) >= 11 is 1.52. The van der Waals surface area contributed by atoms with Crippen molar-refractivity contribution in [3.05, 3.63) is 35.9 Å². The van der Waals surface area contributed by atoms with Crippen LogP contribution in [0.4, 0.5) is 0 Å². The number of carbonyl (C=O) groups excluding carboxylic acids is 3. The molecule has 0 fully saturated rings. The zero-order valence-corrected chi connectivity index (χ0v) is 19.9. The summed E-state index contributed by atoms with van der Waals surface area (Å²) in [5.74, 6) is -2.98. The highest BCUT2D eigenvalue weighted by Crippen LogP contribution is 2.07. The molecule has 1 aromatic rings. The maximum atomic E-state index is 12.9. The smallest absolute Gasteiger partial charge is 0.326 e. The van der Waals surface area contributed by atoms with Gasteiger partial charge in [0.2, 0.25) is 17.7 Å². The second kappa shape index (κ2) is 14.5. The van der Waals surface area contributed by atoms with Gasteiger partial charge in [-0.05, 0) is 29.9 Å². The number of benzene rings is 1. The van der Waals surface area contributed by atoms with Crippen molar-refractivity contribution in [3.63, 3.8) is 0 Å². The van der Waals surface area contributed by atoms with Gasteiger partial charge in [-0.3, -0.25) is 14.4 Å². The molecule has 0 aromatic heterocycles. The normalized spacial score (nSPS) is 14.6. The fourth-order valence-corrected chi connectivity index (χ4v) is 3.44. The van der Waals surface area contributed by atoms with Crippen LogP contribution < -0.4 is 21.7 Å². The first-order chi connectivity index (χ1) is 15.6. The molecule has 184 valence electrons. The molecule has 0 saturated heterocycles. The number of aliphatic hydroxyl groups is 1. The molecule has 0 bridgehead atoms. The molecule has 0 heterocycles. The van der Waals surface area contributed by atoms with Crippen LogP contribution in [0.3, 0.4) is 0 Å². The molecule has 10 nitrogen and oxygen atoms in total. The van der Waals surface area contributed by atoms with Gasteiger partial charge in [-0.25, -0.2) is 4.79 Å². The quantitative estimate of drug-likeness (QED) is 0.206. The summed E-state index contributed by atoms with van der Waals surface area (Å²) in [7, 11) is 0. The molecule has 7 N–H and O–H groups in total. The van der Waals surface area contributed by atoms with E-state index in [-0.39, 0.29) is 12.3 Å². The van der Waals surface area contributed by atoms with E-state index in [0.717, 1.165) is 5.56 Å². The molecular formula is C22H34N4O6S. The molecule has 33 heavy (non-hydrogen) atoms. The maximum Gasteiger partial charge on any atom is 0.326 e. The van der Waals surface area contributed by atoms with Crippen LogP contribution in [-0.4, -0.2) is 76.7 Å². The molecule has 1 rings (SSSR count). The van der Waals surface area contributed by atoms with Gasteiger partial charge in [-0.15, -0.1) is 0 Å². The number of carboxylic acids is 1. The second-order valence-corrected chi connectivity index (χ2v) is 8.94. The molecular weight excluding hydrogens is 448 g/mol. The lowest BCUT2D eigenvalue weighted by Gasteiger charge is -2.25. The zero-order valence-electron chi connectivity index (χ0n) is 19.1. The lowest BCUT2D eigenvalue weighted by Crippen LogP contribution is -2.59. The van der Waals surface area contributed by atoms with Crippen molar-refractivity contribution in [1.82, 2.24) is 16.0 Å². The number of hydrogen-bond donors (Lipinski definition) is 6. The van der Waals surface area contributed by atoms with Crippen molar-refractivity contribution in [2.45, 2.75) is 50.9 Å². The van der Waals surface area contributed by atoms with E-state index in [9.17, 15) is 29.4 Å². The number of amides is 3.